The van der Waals surface area contributed by atoms with Crippen LogP contribution < -0.4 is 10.0 Å². The summed E-state index contributed by atoms with van der Waals surface area (Å²) in [6.07, 6.45) is 2.05. The lowest BCUT2D eigenvalue weighted by Gasteiger charge is -2.13. The third kappa shape index (κ3) is 5.14. The molecule has 0 radical (unpaired) electrons. The molecule has 0 atom stereocenters. The molecule has 0 saturated carbocycles. The first kappa shape index (κ1) is 22.6. The van der Waals surface area contributed by atoms with E-state index in [1.807, 2.05) is 25.5 Å². The van der Waals surface area contributed by atoms with Gasteiger partial charge in [-0.15, -0.1) is 0 Å². The van der Waals surface area contributed by atoms with Crippen LogP contribution in [0.3, 0.4) is 0 Å². The zero-order valence-electron chi connectivity index (χ0n) is 18.3. The van der Waals surface area contributed by atoms with Crippen LogP contribution in [0.4, 0.5) is 11.4 Å². The zero-order valence-corrected chi connectivity index (χ0v) is 19.1. The Kier molecular flexibility index (Phi) is 6.80. The van der Waals surface area contributed by atoms with Gasteiger partial charge in [-0.05, 0) is 51.5 Å². The molecule has 1 amide bonds. The van der Waals surface area contributed by atoms with E-state index in [0.29, 0.717) is 5.69 Å². The molecule has 0 aliphatic carbocycles. The quantitative estimate of drug-likeness (QED) is 0.533. The summed E-state index contributed by atoms with van der Waals surface area (Å²) < 4.78 is 30.0. The number of amides is 1. The van der Waals surface area contributed by atoms with Gasteiger partial charge in [0.2, 0.25) is 0 Å². The number of unbranched alkanes of at least 4 members (excludes halogenated alkanes) is 1. The SMILES string of the molecule is CCCCn1nc(C)c(NC(=O)c2ccccc2NS(=O)(=O)c2ccc(C)cc2)c1C. The van der Waals surface area contributed by atoms with Crippen molar-refractivity contribution in [2.24, 2.45) is 0 Å². The van der Waals surface area contributed by atoms with E-state index in [9.17, 15) is 13.2 Å². The third-order valence-corrected chi connectivity index (χ3v) is 6.47. The molecule has 2 N–H and O–H groups in total. The van der Waals surface area contributed by atoms with Crippen LogP contribution in [0.2, 0.25) is 0 Å². The van der Waals surface area contributed by atoms with Crippen molar-refractivity contribution in [1.82, 2.24) is 9.78 Å². The number of hydrogen-bond acceptors (Lipinski definition) is 4. The molecule has 164 valence electrons. The maximum absolute atomic E-state index is 13.0. The predicted molar refractivity (Wildman–Crippen MR) is 123 cm³/mol. The van der Waals surface area contributed by atoms with E-state index in [1.165, 1.54) is 12.1 Å². The number of hydrogen-bond donors (Lipinski definition) is 2. The number of rotatable bonds is 8. The predicted octanol–water partition coefficient (Wildman–Crippen LogP) is 4.66. The van der Waals surface area contributed by atoms with Crippen LogP contribution in [0.1, 0.15) is 47.1 Å². The van der Waals surface area contributed by atoms with Crippen LogP contribution in [0, 0.1) is 20.8 Å². The summed E-state index contributed by atoms with van der Waals surface area (Å²) in [7, 11) is -3.83. The largest absolute Gasteiger partial charge is 0.319 e. The summed E-state index contributed by atoms with van der Waals surface area (Å²) in [5.74, 6) is -0.400. The molecule has 7 nitrogen and oxygen atoms in total. The molecule has 0 aliphatic rings. The molecule has 0 saturated heterocycles. The number of aryl methyl sites for hydroxylation is 3. The van der Waals surface area contributed by atoms with Gasteiger partial charge in [0.25, 0.3) is 15.9 Å². The number of nitrogens with one attached hydrogen (secondary N) is 2. The summed E-state index contributed by atoms with van der Waals surface area (Å²) in [6, 6.07) is 13.1. The molecule has 0 spiro atoms. The zero-order chi connectivity index (χ0) is 22.6. The van der Waals surface area contributed by atoms with Crippen LogP contribution in [-0.4, -0.2) is 24.1 Å². The van der Waals surface area contributed by atoms with Crippen molar-refractivity contribution in [3.05, 3.63) is 71.0 Å². The van der Waals surface area contributed by atoms with Crippen molar-refractivity contribution in [1.29, 1.82) is 0 Å². The first-order chi connectivity index (χ1) is 14.7. The molecular weight excluding hydrogens is 412 g/mol. The van der Waals surface area contributed by atoms with Gasteiger partial charge in [0.15, 0.2) is 0 Å². The minimum Gasteiger partial charge on any atom is -0.319 e. The third-order valence-electron chi connectivity index (χ3n) is 5.09. The molecule has 3 rings (SSSR count). The molecule has 8 heteroatoms. The number of carbonyl (C=O) groups excluding carboxylic acids is 1. The number of para-hydroxylation sites is 1. The van der Waals surface area contributed by atoms with Crippen molar-refractivity contribution in [2.45, 2.75) is 52.0 Å². The number of carbonyl (C=O) groups is 1. The maximum atomic E-state index is 13.0. The van der Waals surface area contributed by atoms with E-state index in [4.69, 9.17) is 0 Å². The first-order valence-electron chi connectivity index (χ1n) is 10.3. The summed E-state index contributed by atoms with van der Waals surface area (Å²) >= 11 is 0. The highest BCUT2D eigenvalue weighted by Gasteiger charge is 2.20. The van der Waals surface area contributed by atoms with Gasteiger partial charge in [-0.3, -0.25) is 14.2 Å². The lowest BCUT2D eigenvalue weighted by atomic mass is 10.1. The Hall–Kier alpha value is -3.13. The van der Waals surface area contributed by atoms with E-state index in [2.05, 4.69) is 22.1 Å². The van der Waals surface area contributed by atoms with Crippen LogP contribution in [0.15, 0.2) is 53.4 Å². The highest BCUT2D eigenvalue weighted by Crippen LogP contribution is 2.24. The molecular formula is C23H28N4O3S. The molecule has 0 unspecified atom stereocenters. The van der Waals surface area contributed by atoms with Gasteiger partial charge in [0.05, 0.1) is 33.2 Å². The smallest absolute Gasteiger partial charge is 0.261 e. The highest BCUT2D eigenvalue weighted by molar-refractivity contribution is 7.92. The lowest BCUT2D eigenvalue weighted by Crippen LogP contribution is -2.19. The van der Waals surface area contributed by atoms with Gasteiger partial charge >= 0.3 is 0 Å². The number of benzene rings is 2. The molecule has 31 heavy (non-hydrogen) atoms. The molecule has 1 aromatic heterocycles. The first-order valence-corrected chi connectivity index (χ1v) is 11.7. The minimum atomic E-state index is -3.83. The molecule has 0 bridgehead atoms. The number of anilines is 2. The maximum Gasteiger partial charge on any atom is 0.261 e. The number of aromatic nitrogens is 2. The Bertz CT molecular complexity index is 1180. The monoisotopic (exact) mass is 440 g/mol. The van der Waals surface area contributed by atoms with E-state index in [-0.39, 0.29) is 16.1 Å². The van der Waals surface area contributed by atoms with Crippen LogP contribution >= 0.6 is 0 Å². The fraction of sp³-hybridized carbons (Fsp3) is 0.304. The van der Waals surface area contributed by atoms with Gasteiger partial charge in [0.1, 0.15) is 0 Å². The Morgan fingerprint density at radius 2 is 1.71 bits per heavy atom. The van der Waals surface area contributed by atoms with E-state index < -0.39 is 15.9 Å². The number of sulfonamides is 1. The van der Waals surface area contributed by atoms with Crippen LogP contribution in [0.25, 0.3) is 0 Å². The van der Waals surface area contributed by atoms with Gasteiger partial charge in [-0.2, -0.15) is 5.10 Å². The van der Waals surface area contributed by atoms with Gasteiger partial charge in [-0.25, -0.2) is 8.42 Å². The Labute approximate surface area is 183 Å². The summed E-state index contributed by atoms with van der Waals surface area (Å²) in [6.45, 7) is 8.54. The van der Waals surface area contributed by atoms with Gasteiger partial charge in [-0.1, -0.05) is 43.2 Å². The Morgan fingerprint density at radius 3 is 2.39 bits per heavy atom. The molecule has 0 aliphatic heterocycles. The normalized spacial score (nSPS) is 11.4. The van der Waals surface area contributed by atoms with Crippen molar-refractivity contribution >= 4 is 27.3 Å². The lowest BCUT2D eigenvalue weighted by molar-refractivity contribution is 0.102. The summed E-state index contributed by atoms with van der Waals surface area (Å²) in [5.41, 5.74) is 3.66. The standard InChI is InChI=1S/C23H28N4O3S/c1-5-6-15-27-18(4)22(17(3)25-27)24-23(28)20-9-7-8-10-21(20)26-31(29,30)19-13-11-16(2)12-14-19/h7-14,26H,5-6,15H2,1-4H3,(H,24,28). The van der Waals surface area contributed by atoms with Crippen LogP contribution in [-0.2, 0) is 16.6 Å². The Balaban J connectivity index is 1.86. The van der Waals surface area contributed by atoms with Crippen molar-refractivity contribution in [3.8, 4) is 0 Å². The van der Waals surface area contributed by atoms with Crippen LogP contribution in [0.5, 0.6) is 0 Å². The van der Waals surface area contributed by atoms with Gasteiger partial charge < -0.3 is 5.32 Å². The molecule has 1 heterocycles. The fourth-order valence-corrected chi connectivity index (χ4v) is 4.36. The fourth-order valence-electron chi connectivity index (χ4n) is 3.28. The summed E-state index contributed by atoms with van der Waals surface area (Å²) in [5, 5.41) is 7.42. The number of nitrogens with zero attached hydrogens (tertiary/aromatic N) is 2. The van der Waals surface area contributed by atoms with Crippen molar-refractivity contribution < 1.29 is 13.2 Å². The average molecular weight is 441 g/mol. The molecule has 0 fully saturated rings. The second-order valence-corrected chi connectivity index (χ2v) is 9.22. The van der Waals surface area contributed by atoms with Crippen molar-refractivity contribution in [2.75, 3.05) is 10.0 Å². The van der Waals surface area contributed by atoms with E-state index in [0.717, 1.165) is 36.3 Å². The second-order valence-electron chi connectivity index (χ2n) is 7.54. The van der Waals surface area contributed by atoms with E-state index >= 15 is 0 Å². The van der Waals surface area contributed by atoms with E-state index in [1.54, 1.807) is 36.4 Å². The molecule has 3 aromatic rings. The minimum absolute atomic E-state index is 0.136. The Morgan fingerprint density at radius 1 is 1.03 bits per heavy atom. The highest BCUT2D eigenvalue weighted by atomic mass is 32.2. The average Bonchev–Trinajstić information content (AvgIpc) is 3.00. The second kappa shape index (κ2) is 9.34. The topological polar surface area (TPSA) is 93.1 Å². The van der Waals surface area contributed by atoms with Gasteiger partial charge in [0, 0.05) is 6.54 Å². The van der Waals surface area contributed by atoms with Crippen molar-refractivity contribution in [3.63, 3.8) is 0 Å². The summed E-state index contributed by atoms with van der Waals surface area (Å²) in [4.78, 5) is 13.2. The molecule has 2 aromatic carbocycles.